The van der Waals surface area contributed by atoms with Crippen LogP contribution in [0.5, 0.6) is 0 Å². The molecule has 1 aliphatic carbocycles. The summed E-state index contributed by atoms with van der Waals surface area (Å²) in [7, 11) is 0. The Morgan fingerprint density at radius 1 is 1.29 bits per heavy atom. The monoisotopic (exact) mass is 351 g/mol. The van der Waals surface area contributed by atoms with E-state index in [1.165, 1.54) is 12.3 Å². The van der Waals surface area contributed by atoms with Crippen molar-refractivity contribution in [2.24, 2.45) is 0 Å². The summed E-state index contributed by atoms with van der Waals surface area (Å²) in [6, 6.07) is 4.32. The number of benzene rings is 1. The first kappa shape index (κ1) is 16.6. The molecule has 1 atom stereocenters. The molecule has 1 saturated carbocycles. The van der Waals surface area contributed by atoms with Crippen molar-refractivity contribution in [3.8, 4) is 0 Å². The van der Waals surface area contributed by atoms with Crippen LogP contribution >= 0.6 is 12.4 Å². The number of fused-ring (bicyclic) bond motifs is 1. The zero-order valence-electron chi connectivity index (χ0n) is 12.8. The van der Waals surface area contributed by atoms with Crippen molar-refractivity contribution in [1.29, 1.82) is 0 Å². The summed E-state index contributed by atoms with van der Waals surface area (Å²) in [6.45, 7) is 0.564. The smallest absolute Gasteiger partial charge is 0.253 e. The van der Waals surface area contributed by atoms with Crippen molar-refractivity contribution >= 4 is 35.1 Å². The van der Waals surface area contributed by atoms with Gasteiger partial charge in [-0.25, -0.2) is 4.39 Å². The molecule has 5 nitrogen and oxygen atoms in total. The standard InChI is InChI=1S/C17H16FN3O2.ClH.H2/c18-13-6-10-5-11(16(22)21-14-3-4-19-17(14)23)8-20-15(10)7-12(13)9-1-2-9;;/h5-9,14H,1-4H2,(H,19,23)(H,21,22);2*1H/t14-;;/m0../s1. The molecule has 2 amide bonds. The van der Waals surface area contributed by atoms with Crippen molar-refractivity contribution in [3.05, 3.63) is 41.3 Å². The first-order valence-electron chi connectivity index (χ1n) is 7.79. The van der Waals surface area contributed by atoms with Crippen molar-refractivity contribution in [2.45, 2.75) is 31.2 Å². The minimum atomic E-state index is -0.507. The van der Waals surface area contributed by atoms with Crippen molar-refractivity contribution in [3.63, 3.8) is 0 Å². The number of hydrogen-bond donors (Lipinski definition) is 2. The van der Waals surface area contributed by atoms with Gasteiger partial charge in [0.2, 0.25) is 5.91 Å². The van der Waals surface area contributed by atoms with Crippen LogP contribution in [0.2, 0.25) is 0 Å². The average molecular weight is 352 g/mol. The summed E-state index contributed by atoms with van der Waals surface area (Å²) in [6.07, 6.45) is 4.09. The summed E-state index contributed by atoms with van der Waals surface area (Å²) in [5.74, 6) is -0.472. The van der Waals surface area contributed by atoms with Crippen molar-refractivity contribution in [1.82, 2.24) is 15.6 Å². The Hall–Kier alpha value is -2.21. The van der Waals surface area contributed by atoms with Gasteiger partial charge in [0.05, 0.1) is 11.1 Å². The summed E-state index contributed by atoms with van der Waals surface area (Å²) >= 11 is 0. The first-order valence-corrected chi connectivity index (χ1v) is 7.79. The van der Waals surface area contributed by atoms with Gasteiger partial charge < -0.3 is 10.6 Å². The zero-order chi connectivity index (χ0) is 16.0. The van der Waals surface area contributed by atoms with E-state index in [9.17, 15) is 14.0 Å². The molecule has 1 saturated heterocycles. The number of carbonyl (C=O) groups excluding carboxylic acids is 2. The number of hydrogen-bond acceptors (Lipinski definition) is 3. The van der Waals surface area contributed by atoms with Crippen LogP contribution in [0, 0.1) is 5.82 Å². The van der Waals surface area contributed by atoms with Crippen LogP contribution < -0.4 is 10.6 Å². The van der Waals surface area contributed by atoms with E-state index in [-0.39, 0.29) is 31.5 Å². The predicted molar refractivity (Wildman–Crippen MR) is 91.9 cm³/mol. The highest BCUT2D eigenvalue weighted by Gasteiger charge is 2.28. The number of halogens is 2. The molecule has 7 heteroatoms. The highest BCUT2D eigenvalue weighted by atomic mass is 35.5. The maximum absolute atomic E-state index is 14.1. The molecule has 1 aromatic carbocycles. The van der Waals surface area contributed by atoms with E-state index in [2.05, 4.69) is 15.6 Å². The maximum atomic E-state index is 14.1. The number of pyridine rings is 1. The van der Waals surface area contributed by atoms with Gasteiger partial charge in [-0.2, -0.15) is 0 Å². The van der Waals surface area contributed by atoms with E-state index >= 15 is 0 Å². The van der Waals surface area contributed by atoms with Crippen LogP contribution in [-0.4, -0.2) is 29.4 Å². The molecule has 2 aliphatic rings. The van der Waals surface area contributed by atoms with Gasteiger partial charge in [0.1, 0.15) is 11.9 Å². The largest absolute Gasteiger partial charge is 0.354 e. The van der Waals surface area contributed by atoms with Crippen LogP contribution in [0.15, 0.2) is 24.4 Å². The number of carbonyl (C=O) groups is 2. The fourth-order valence-corrected chi connectivity index (χ4v) is 2.97. The molecule has 24 heavy (non-hydrogen) atoms. The Balaban J connectivity index is 0.00000113. The Kier molecular flexibility index (Phi) is 4.41. The molecule has 1 aromatic heterocycles. The van der Waals surface area contributed by atoms with E-state index in [0.717, 1.165) is 12.8 Å². The third-order valence-corrected chi connectivity index (χ3v) is 4.43. The highest BCUT2D eigenvalue weighted by molar-refractivity contribution is 6.00. The fourth-order valence-electron chi connectivity index (χ4n) is 2.97. The zero-order valence-corrected chi connectivity index (χ0v) is 13.7. The average Bonchev–Trinajstić information content (AvgIpc) is 3.30. The summed E-state index contributed by atoms with van der Waals surface area (Å²) in [5.41, 5.74) is 1.73. The fraction of sp³-hybridized carbons (Fsp3) is 0.353. The van der Waals surface area contributed by atoms with Gasteiger partial charge in [0, 0.05) is 19.6 Å². The van der Waals surface area contributed by atoms with Crippen molar-refractivity contribution < 1.29 is 15.4 Å². The Morgan fingerprint density at radius 2 is 2.08 bits per heavy atom. The van der Waals surface area contributed by atoms with Gasteiger partial charge >= 0.3 is 0 Å². The summed E-state index contributed by atoms with van der Waals surface area (Å²) in [5, 5.41) is 5.94. The van der Waals surface area contributed by atoms with Gasteiger partial charge in [-0.15, -0.1) is 12.4 Å². The first-order chi connectivity index (χ1) is 11.1. The molecule has 0 radical (unpaired) electrons. The van der Waals surface area contributed by atoms with Crippen LogP contribution in [0.25, 0.3) is 10.9 Å². The Morgan fingerprint density at radius 3 is 2.75 bits per heavy atom. The molecule has 2 aromatic rings. The highest BCUT2D eigenvalue weighted by Crippen LogP contribution is 2.42. The second-order valence-corrected chi connectivity index (χ2v) is 6.17. The van der Waals surface area contributed by atoms with Gasteiger partial charge in [-0.3, -0.25) is 14.6 Å². The van der Waals surface area contributed by atoms with E-state index < -0.39 is 6.04 Å². The SMILES string of the molecule is Cl.O=C(N[C@H]1CCNC1=O)c1cnc2cc(C3CC3)c(F)cc2c1.[HH]. The van der Waals surface area contributed by atoms with Gasteiger partial charge in [-0.1, -0.05) is 0 Å². The van der Waals surface area contributed by atoms with Crippen LogP contribution in [-0.2, 0) is 4.79 Å². The minimum absolute atomic E-state index is 0. The molecule has 0 spiro atoms. The normalized spacial score (nSPS) is 19.7. The number of nitrogens with zero attached hydrogens (tertiary/aromatic N) is 1. The van der Waals surface area contributed by atoms with Gasteiger partial charge in [0.25, 0.3) is 5.91 Å². The number of aromatic nitrogens is 1. The molecule has 2 fully saturated rings. The Labute approximate surface area is 145 Å². The number of rotatable bonds is 3. The lowest BCUT2D eigenvalue weighted by Gasteiger charge is -2.10. The molecule has 0 bridgehead atoms. The minimum Gasteiger partial charge on any atom is -0.354 e. The molecular formula is C17H19ClFN3O2. The molecule has 4 rings (SSSR count). The maximum Gasteiger partial charge on any atom is 0.253 e. The quantitative estimate of drug-likeness (QED) is 0.892. The molecule has 0 unspecified atom stereocenters. The number of amides is 2. The van der Waals surface area contributed by atoms with Crippen LogP contribution in [0.4, 0.5) is 4.39 Å². The lowest BCUT2D eigenvalue weighted by molar-refractivity contribution is -0.120. The number of nitrogens with one attached hydrogen (secondary N) is 2. The summed E-state index contributed by atoms with van der Waals surface area (Å²) in [4.78, 5) is 28.0. The molecule has 128 valence electrons. The van der Waals surface area contributed by atoms with E-state index in [1.54, 1.807) is 12.1 Å². The molecule has 2 N–H and O–H groups in total. The second-order valence-electron chi connectivity index (χ2n) is 6.17. The second kappa shape index (κ2) is 6.36. The van der Waals surface area contributed by atoms with E-state index in [1.807, 2.05) is 0 Å². The lowest BCUT2D eigenvalue weighted by atomic mass is 10.1. The third kappa shape index (κ3) is 3.06. The lowest BCUT2D eigenvalue weighted by Crippen LogP contribution is -2.40. The third-order valence-electron chi connectivity index (χ3n) is 4.43. The van der Waals surface area contributed by atoms with E-state index in [0.29, 0.717) is 40.9 Å². The van der Waals surface area contributed by atoms with E-state index in [4.69, 9.17) is 0 Å². The van der Waals surface area contributed by atoms with Crippen LogP contribution in [0.1, 0.15) is 42.5 Å². The van der Waals surface area contributed by atoms with Crippen molar-refractivity contribution in [2.75, 3.05) is 6.54 Å². The summed E-state index contributed by atoms with van der Waals surface area (Å²) < 4.78 is 14.1. The van der Waals surface area contributed by atoms with Crippen LogP contribution in [0.3, 0.4) is 0 Å². The molecular weight excluding hydrogens is 333 g/mol. The topological polar surface area (TPSA) is 71.1 Å². The van der Waals surface area contributed by atoms with Gasteiger partial charge in [0.15, 0.2) is 0 Å². The molecule has 1 aliphatic heterocycles. The van der Waals surface area contributed by atoms with Gasteiger partial charge in [-0.05, 0) is 48.9 Å². The molecule has 2 heterocycles. The Bertz CT molecular complexity index is 829. The predicted octanol–water partition coefficient (Wildman–Crippen LogP) is 2.54.